The van der Waals surface area contributed by atoms with Gasteiger partial charge in [-0.2, -0.15) is 0 Å². The average molecular weight is 290 g/mol. The van der Waals surface area contributed by atoms with Crippen LogP contribution in [0.1, 0.15) is 23.2 Å². The Morgan fingerprint density at radius 3 is 2.95 bits per heavy atom. The van der Waals surface area contributed by atoms with Crippen molar-refractivity contribution in [1.82, 2.24) is 10.3 Å². The molecule has 0 spiro atoms. The van der Waals surface area contributed by atoms with Gasteiger partial charge in [-0.25, -0.2) is 0 Å². The van der Waals surface area contributed by atoms with E-state index < -0.39 is 0 Å². The van der Waals surface area contributed by atoms with Crippen LogP contribution in [0.4, 0.5) is 0 Å². The first-order valence-corrected chi connectivity index (χ1v) is 7.23. The first-order chi connectivity index (χ1) is 10.3. The number of fused-ring (bicyclic) bond motifs is 1. The van der Waals surface area contributed by atoms with E-state index in [-0.39, 0.29) is 5.91 Å². The van der Waals surface area contributed by atoms with E-state index in [1.165, 1.54) is 0 Å². The summed E-state index contributed by atoms with van der Waals surface area (Å²) in [5.41, 5.74) is 1.73. The second kappa shape index (κ2) is 8.44. The highest BCUT2D eigenvalue weighted by molar-refractivity contribution is 5.98. The number of carbonyl (C=O) groups excluding carboxylic acids is 1. The standard InChI is InChI=1S/C16H22N2O3/c1-20-10-11-21-9-3-2-7-18-16(19)14-4-5-15-13(12-14)6-8-17-15/h4-6,8,12,17H,2-3,7,9-11H2,1H3,(H,18,19). The predicted octanol–water partition coefficient (Wildman–Crippen LogP) is 2.34. The molecule has 1 aromatic heterocycles. The van der Waals surface area contributed by atoms with E-state index in [4.69, 9.17) is 9.47 Å². The maximum absolute atomic E-state index is 12.0. The number of hydrogen-bond acceptors (Lipinski definition) is 3. The predicted molar refractivity (Wildman–Crippen MR) is 82.6 cm³/mol. The highest BCUT2D eigenvalue weighted by Gasteiger charge is 2.05. The van der Waals surface area contributed by atoms with Crippen molar-refractivity contribution in [2.45, 2.75) is 12.8 Å². The molecular weight excluding hydrogens is 268 g/mol. The quantitative estimate of drug-likeness (QED) is 0.697. The lowest BCUT2D eigenvalue weighted by atomic mass is 10.1. The topological polar surface area (TPSA) is 63.4 Å². The van der Waals surface area contributed by atoms with Crippen LogP contribution in [0, 0.1) is 0 Å². The maximum Gasteiger partial charge on any atom is 0.251 e. The third kappa shape index (κ3) is 4.88. The molecule has 0 saturated heterocycles. The van der Waals surface area contributed by atoms with Crippen LogP contribution in [0.15, 0.2) is 30.5 Å². The van der Waals surface area contributed by atoms with Crippen molar-refractivity contribution < 1.29 is 14.3 Å². The van der Waals surface area contributed by atoms with Crippen LogP contribution in [-0.4, -0.2) is 44.4 Å². The van der Waals surface area contributed by atoms with Crippen LogP contribution >= 0.6 is 0 Å². The molecule has 0 radical (unpaired) electrons. The van der Waals surface area contributed by atoms with Crippen molar-refractivity contribution in [2.75, 3.05) is 33.5 Å². The number of nitrogens with one attached hydrogen (secondary N) is 2. The number of unbranched alkanes of at least 4 members (excludes halogenated alkanes) is 1. The van der Waals surface area contributed by atoms with Crippen molar-refractivity contribution in [3.05, 3.63) is 36.0 Å². The molecule has 0 fully saturated rings. The molecule has 2 N–H and O–H groups in total. The highest BCUT2D eigenvalue weighted by atomic mass is 16.5. The van der Waals surface area contributed by atoms with E-state index in [1.807, 2.05) is 30.5 Å². The fourth-order valence-corrected chi connectivity index (χ4v) is 2.07. The Morgan fingerprint density at radius 1 is 1.19 bits per heavy atom. The van der Waals surface area contributed by atoms with Gasteiger partial charge in [0.1, 0.15) is 0 Å². The van der Waals surface area contributed by atoms with Gasteiger partial charge >= 0.3 is 0 Å². The summed E-state index contributed by atoms with van der Waals surface area (Å²) >= 11 is 0. The Kier molecular flexibility index (Phi) is 6.24. The van der Waals surface area contributed by atoms with Crippen molar-refractivity contribution >= 4 is 16.8 Å². The maximum atomic E-state index is 12.0. The number of methoxy groups -OCH3 is 1. The van der Waals surface area contributed by atoms with Crippen LogP contribution in [0.25, 0.3) is 10.9 Å². The van der Waals surface area contributed by atoms with Crippen molar-refractivity contribution in [3.63, 3.8) is 0 Å². The SMILES string of the molecule is COCCOCCCCNC(=O)c1ccc2[nH]ccc2c1. The van der Waals surface area contributed by atoms with Crippen LogP contribution < -0.4 is 5.32 Å². The van der Waals surface area contributed by atoms with E-state index in [0.29, 0.717) is 31.9 Å². The Hall–Kier alpha value is -1.85. The molecule has 1 amide bonds. The molecule has 0 bridgehead atoms. The van der Waals surface area contributed by atoms with Gasteiger partial charge in [0.05, 0.1) is 13.2 Å². The largest absolute Gasteiger partial charge is 0.382 e. The smallest absolute Gasteiger partial charge is 0.251 e. The van der Waals surface area contributed by atoms with Gasteiger partial charge in [-0.3, -0.25) is 4.79 Å². The number of ether oxygens (including phenoxy) is 2. The lowest BCUT2D eigenvalue weighted by molar-refractivity contribution is 0.0686. The van der Waals surface area contributed by atoms with Crippen LogP contribution in [-0.2, 0) is 9.47 Å². The molecule has 0 unspecified atom stereocenters. The van der Waals surface area contributed by atoms with Gasteiger partial charge in [0, 0.05) is 42.9 Å². The number of benzene rings is 1. The highest BCUT2D eigenvalue weighted by Crippen LogP contribution is 2.14. The first kappa shape index (κ1) is 15.5. The Labute approximate surface area is 124 Å². The summed E-state index contributed by atoms with van der Waals surface area (Å²) in [5.74, 6) is -0.0293. The van der Waals surface area contributed by atoms with Crippen molar-refractivity contribution in [2.24, 2.45) is 0 Å². The normalized spacial score (nSPS) is 10.9. The summed E-state index contributed by atoms with van der Waals surface area (Å²) < 4.78 is 10.3. The zero-order valence-electron chi connectivity index (χ0n) is 12.4. The van der Waals surface area contributed by atoms with Gasteiger partial charge in [-0.05, 0) is 37.1 Å². The molecule has 5 heteroatoms. The lowest BCUT2D eigenvalue weighted by Gasteiger charge is -2.06. The summed E-state index contributed by atoms with van der Waals surface area (Å²) in [6.45, 7) is 2.62. The lowest BCUT2D eigenvalue weighted by Crippen LogP contribution is -2.24. The fourth-order valence-electron chi connectivity index (χ4n) is 2.07. The summed E-state index contributed by atoms with van der Waals surface area (Å²) in [6.07, 6.45) is 3.71. The molecule has 21 heavy (non-hydrogen) atoms. The van der Waals surface area contributed by atoms with Crippen LogP contribution in [0.5, 0.6) is 0 Å². The molecule has 5 nitrogen and oxygen atoms in total. The molecule has 0 atom stereocenters. The number of aromatic nitrogens is 1. The van der Waals surface area contributed by atoms with Gasteiger partial charge in [-0.15, -0.1) is 0 Å². The number of H-pyrrole nitrogens is 1. The van der Waals surface area contributed by atoms with E-state index in [2.05, 4.69) is 10.3 Å². The van der Waals surface area contributed by atoms with Crippen LogP contribution in [0.2, 0.25) is 0 Å². The number of rotatable bonds is 9. The molecule has 0 aliphatic rings. The molecular formula is C16H22N2O3. The average Bonchev–Trinajstić information content (AvgIpc) is 2.97. The van der Waals surface area contributed by atoms with Gasteiger partial charge < -0.3 is 19.8 Å². The van der Waals surface area contributed by atoms with E-state index in [0.717, 1.165) is 23.7 Å². The van der Waals surface area contributed by atoms with Gasteiger partial charge in [-0.1, -0.05) is 0 Å². The molecule has 0 aliphatic carbocycles. The van der Waals surface area contributed by atoms with Gasteiger partial charge in [0.25, 0.3) is 5.91 Å². The minimum Gasteiger partial charge on any atom is -0.382 e. The summed E-state index contributed by atoms with van der Waals surface area (Å²) in [7, 11) is 1.66. The molecule has 1 aromatic carbocycles. The number of carbonyl (C=O) groups is 1. The third-order valence-corrected chi connectivity index (χ3v) is 3.25. The first-order valence-electron chi connectivity index (χ1n) is 7.23. The zero-order chi connectivity index (χ0) is 14.9. The Morgan fingerprint density at radius 2 is 2.10 bits per heavy atom. The fraction of sp³-hybridized carbons (Fsp3) is 0.438. The molecule has 114 valence electrons. The zero-order valence-corrected chi connectivity index (χ0v) is 12.4. The van der Waals surface area contributed by atoms with Gasteiger partial charge in [0.15, 0.2) is 0 Å². The molecule has 1 heterocycles. The minimum absolute atomic E-state index is 0.0293. The van der Waals surface area contributed by atoms with E-state index in [9.17, 15) is 4.79 Å². The molecule has 0 aliphatic heterocycles. The summed E-state index contributed by atoms with van der Waals surface area (Å²) in [6, 6.07) is 7.62. The van der Waals surface area contributed by atoms with Gasteiger partial charge in [0.2, 0.25) is 0 Å². The number of hydrogen-bond donors (Lipinski definition) is 2. The number of amides is 1. The molecule has 2 aromatic rings. The molecule has 2 rings (SSSR count). The van der Waals surface area contributed by atoms with Crippen LogP contribution in [0.3, 0.4) is 0 Å². The second-order valence-corrected chi connectivity index (χ2v) is 4.85. The third-order valence-electron chi connectivity index (χ3n) is 3.25. The second-order valence-electron chi connectivity index (χ2n) is 4.85. The Balaban J connectivity index is 1.65. The number of aromatic amines is 1. The van der Waals surface area contributed by atoms with Crippen molar-refractivity contribution in [3.8, 4) is 0 Å². The molecule has 0 saturated carbocycles. The Bertz CT molecular complexity index is 565. The minimum atomic E-state index is -0.0293. The summed E-state index contributed by atoms with van der Waals surface area (Å²) in [4.78, 5) is 15.1. The van der Waals surface area contributed by atoms with Crippen molar-refractivity contribution in [1.29, 1.82) is 0 Å². The van der Waals surface area contributed by atoms with E-state index in [1.54, 1.807) is 7.11 Å². The summed E-state index contributed by atoms with van der Waals surface area (Å²) in [5, 5.41) is 3.98. The van der Waals surface area contributed by atoms with E-state index >= 15 is 0 Å². The monoisotopic (exact) mass is 290 g/mol.